The SMILES string of the molecule is CCCCN1C(CC(=O)O)CN(C)CC1(C)C. The average molecular weight is 242 g/mol. The number of carboxylic acids is 1. The van der Waals surface area contributed by atoms with Crippen molar-refractivity contribution < 1.29 is 9.90 Å². The van der Waals surface area contributed by atoms with Crippen LogP contribution in [0.15, 0.2) is 0 Å². The molecule has 0 spiro atoms. The summed E-state index contributed by atoms with van der Waals surface area (Å²) in [5.41, 5.74) is 0.0717. The van der Waals surface area contributed by atoms with Crippen LogP contribution in [0.3, 0.4) is 0 Å². The van der Waals surface area contributed by atoms with Crippen LogP contribution < -0.4 is 0 Å². The molecule has 4 nitrogen and oxygen atoms in total. The molecule has 0 aromatic rings. The van der Waals surface area contributed by atoms with Crippen molar-refractivity contribution in [2.75, 3.05) is 26.7 Å². The highest BCUT2D eigenvalue weighted by Gasteiger charge is 2.38. The molecule has 0 saturated carbocycles. The topological polar surface area (TPSA) is 43.8 Å². The first kappa shape index (κ1) is 14.5. The van der Waals surface area contributed by atoms with Crippen LogP contribution in [0.5, 0.6) is 0 Å². The van der Waals surface area contributed by atoms with Crippen LogP contribution in [0.1, 0.15) is 40.0 Å². The normalized spacial score (nSPS) is 26.0. The lowest BCUT2D eigenvalue weighted by Gasteiger charge is -2.51. The second-order valence-corrected chi connectivity index (χ2v) is 5.81. The first-order valence-corrected chi connectivity index (χ1v) is 6.54. The smallest absolute Gasteiger partial charge is 0.304 e. The van der Waals surface area contributed by atoms with Gasteiger partial charge in [-0.3, -0.25) is 9.69 Å². The summed E-state index contributed by atoms with van der Waals surface area (Å²) in [6, 6.07) is 0.146. The van der Waals surface area contributed by atoms with E-state index in [0.717, 1.165) is 32.5 Å². The number of likely N-dealkylation sites (N-methyl/N-ethyl adjacent to an activating group) is 1. The van der Waals surface area contributed by atoms with Crippen LogP contribution in [0, 0.1) is 0 Å². The van der Waals surface area contributed by atoms with Crippen LogP contribution in [0.2, 0.25) is 0 Å². The van der Waals surface area contributed by atoms with E-state index >= 15 is 0 Å². The third-order valence-corrected chi connectivity index (χ3v) is 3.56. The molecule has 17 heavy (non-hydrogen) atoms. The quantitative estimate of drug-likeness (QED) is 0.796. The zero-order chi connectivity index (χ0) is 13.1. The minimum absolute atomic E-state index is 0.0717. The van der Waals surface area contributed by atoms with Gasteiger partial charge in [0.2, 0.25) is 0 Å². The van der Waals surface area contributed by atoms with Crippen molar-refractivity contribution in [3.8, 4) is 0 Å². The number of carbonyl (C=O) groups is 1. The van der Waals surface area contributed by atoms with Crippen molar-refractivity contribution in [3.63, 3.8) is 0 Å². The molecule has 0 aromatic heterocycles. The van der Waals surface area contributed by atoms with E-state index in [-0.39, 0.29) is 18.0 Å². The molecule has 0 bridgehead atoms. The van der Waals surface area contributed by atoms with Crippen LogP contribution in [0.4, 0.5) is 0 Å². The average Bonchev–Trinajstić information content (AvgIpc) is 2.13. The standard InChI is InChI=1S/C13H26N2O2/c1-5-6-7-15-11(8-12(16)17)9-14(4)10-13(15,2)3/h11H,5-10H2,1-4H3,(H,16,17). The number of unbranched alkanes of at least 4 members (excludes halogenated alkanes) is 1. The lowest BCUT2D eigenvalue weighted by atomic mass is 9.93. The lowest BCUT2D eigenvalue weighted by Crippen LogP contribution is -2.63. The highest BCUT2D eigenvalue weighted by Crippen LogP contribution is 2.26. The van der Waals surface area contributed by atoms with Gasteiger partial charge >= 0.3 is 5.97 Å². The van der Waals surface area contributed by atoms with Gasteiger partial charge in [-0.05, 0) is 33.9 Å². The molecule has 0 radical (unpaired) electrons. The van der Waals surface area contributed by atoms with Crippen molar-refractivity contribution in [2.24, 2.45) is 0 Å². The lowest BCUT2D eigenvalue weighted by molar-refractivity contribution is -0.140. The Balaban J connectivity index is 2.76. The maximum atomic E-state index is 11.0. The highest BCUT2D eigenvalue weighted by atomic mass is 16.4. The van der Waals surface area contributed by atoms with Crippen molar-refractivity contribution in [2.45, 2.75) is 51.6 Å². The Morgan fingerprint density at radius 1 is 1.47 bits per heavy atom. The summed E-state index contributed by atoms with van der Waals surface area (Å²) >= 11 is 0. The number of rotatable bonds is 5. The first-order valence-electron chi connectivity index (χ1n) is 6.54. The van der Waals surface area contributed by atoms with Gasteiger partial charge in [-0.15, -0.1) is 0 Å². The van der Waals surface area contributed by atoms with E-state index in [9.17, 15) is 4.79 Å². The van der Waals surface area contributed by atoms with Crippen molar-refractivity contribution in [3.05, 3.63) is 0 Å². The number of hydrogen-bond acceptors (Lipinski definition) is 3. The largest absolute Gasteiger partial charge is 0.481 e. The first-order chi connectivity index (χ1) is 7.86. The molecule has 1 unspecified atom stereocenters. The molecule has 1 atom stereocenters. The number of hydrogen-bond donors (Lipinski definition) is 1. The number of piperazine rings is 1. The van der Waals surface area contributed by atoms with Gasteiger partial charge < -0.3 is 10.0 Å². The maximum absolute atomic E-state index is 11.0. The molecule has 1 heterocycles. The van der Waals surface area contributed by atoms with Crippen molar-refractivity contribution >= 4 is 5.97 Å². The molecule has 1 saturated heterocycles. The van der Waals surface area contributed by atoms with E-state index in [4.69, 9.17) is 5.11 Å². The summed E-state index contributed by atoms with van der Waals surface area (Å²) < 4.78 is 0. The summed E-state index contributed by atoms with van der Waals surface area (Å²) in [5, 5.41) is 9.02. The van der Waals surface area contributed by atoms with Crippen molar-refractivity contribution in [1.82, 2.24) is 9.80 Å². The number of aliphatic carboxylic acids is 1. The summed E-state index contributed by atoms with van der Waals surface area (Å²) in [7, 11) is 2.08. The van der Waals surface area contributed by atoms with E-state index in [0.29, 0.717) is 0 Å². The molecular weight excluding hydrogens is 216 g/mol. The van der Waals surface area contributed by atoms with Crippen LogP contribution >= 0.6 is 0 Å². The molecule has 0 aromatic carbocycles. The third-order valence-electron chi connectivity index (χ3n) is 3.56. The molecule has 0 amide bonds. The monoisotopic (exact) mass is 242 g/mol. The van der Waals surface area contributed by atoms with E-state index < -0.39 is 5.97 Å². The molecular formula is C13H26N2O2. The van der Waals surface area contributed by atoms with E-state index in [1.165, 1.54) is 0 Å². The molecule has 1 aliphatic rings. The van der Waals surface area contributed by atoms with Gasteiger partial charge in [0.1, 0.15) is 0 Å². The summed E-state index contributed by atoms with van der Waals surface area (Å²) in [6.07, 6.45) is 2.54. The van der Waals surface area contributed by atoms with Gasteiger partial charge in [-0.2, -0.15) is 0 Å². The van der Waals surface area contributed by atoms with Crippen LogP contribution in [-0.2, 0) is 4.79 Å². The highest BCUT2D eigenvalue weighted by molar-refractivity contribution is 5.67. The number of nitrogens with zero attached hydrogens (tertiary/aromatic N) is 2. The molecule has 1 rings (SSSR count). The van der Waals surface area contributed by atoms with Gasteiger partial charge in [0, 0.05) is 24.7 Å². The van der Waals surface area contributed by atoms with Crippen LogP contribution in [0.25, 0.3) is 0 Å². The second-order valence-electron chi connectivity index (χ2n) is 5.81. The minimum Gasteiger partial charge on any atom is -0.481 e. The Labute approximate surface area is 105 Å². The van der Waals surface area contributed by atoms with Crippen LogP contribution in [-0.4, -0.2) is 59.1 Å². The predicted octanol–water partition coefficient (Wildman–Crippen LogP) is 1.66. The number of carboxylic acid groups (broad SMARTS) is 1. The summed E-state index contributed by atoms with van der Waals surface area (Å²) in [6.45, 7) is 9.48. The fraction of sp³-hybridized carbons (Fsp3) is 0.923. The van der Waals surface area contributed by atoms with Gasteiger partial charge in [-0.1, -0.05) is 13.3 Å². The molecule has 0 aliphatic carbocycles. The molecule has 1 aliphatic heterocycles. The fourth-order valence-electron chi connectivity index (χ4n) is 2.96. The van der Waals surface area contributed by atoms with E-state index in [1.807, 2.05) is 0 Å². The van der Waals surface area contributed by atoms with Gasteiger partial charge in [0.15, 0.2) is 0 Å². The second kappa shape index (κ2) is 5.83. The molecule has 4 heteroatoms. The summed E-state index contributed by atoms with van der Waals surface area (Å²) in [4.78, 5) is 15.6. The maximum Gasteiger partial charge on any atom is 0.304 e. The van der Waals surface area contributed by atoms with Crippen molar-refractivity contribution in [1.29, 1.82) is 0 Å². The zero-order valence-electron chi connectivity index (χ0n) is 11.6. The molecule has 1 N–H and O–H groups in total. The third kappa shape index (κ3) is 3.96. The molecule has 100 valence electrons. The Bertz CT molecular complexity index is 266. The Morgan fingerprint density at radius 3 is 2.65 bits per heavy atom. The summed E-state index contributed by atoms with van der Waals surface area (Å²) in [5.74, 6) is -0.692. The Morgan fingerprint density at radius 2 is 2.12 bits per heavy atom. The van der Waals surface area contributed by atoms with Gasteiger partial charge in [0.05, 0.1) is 6.42 Å². The predicted molar refractivity (Wildman–Crippen MR) is 69.2 cm³/mol. The van der Waals surface area contributed by atoms with Gasteiger partial charge in [0.25, 0.3) is 0 Å². The zero-order valence-corrected chi connectivity index (χ0v) is 11.6. The minimum atomic E-state index is -0.692. The van der Waals surface area contributed by atoms with E-state index in [1.54, 1.807) is 0 Å². The Kier molecular flexibility index (Phi) is 4.95. The molecule has 1 fully saturated rings. The Hall–Kier alpha value is -0.610. The van der Waals surface area contributed by atoms with Gasteiger partial charge in [-0.25, -0.2) is 0 Å². The van der Waals surface area contributed by atoms with E-state index in [2.05, 4.69) is 37.6 Å². The fourth-order valence-corrected chi connectivity index (χ4v) is 2.96.